The topological polar surface area (TPSA) is 78.4 Å². The number of ether oxygens (including phenoxy) is 4. The number of benzene rings is 3. The first-order valence-corrected chi connectivity index (χ1v) is 10.5. The van der Waals surface area contributed by atoms with Crippen molar-refractivity contribution in [3.63, 3.8) is 0 Å². The molecule has 0 unspecified atom stereocenters. The van der Waals surface area contributed by atoms with E-state index in [4.69, 9.17) is 18.9 Å². The van der Waals surface area contributed by atoms with Crippen LogP contribution >= 0.6 is 15.9 Å². The summed E-state index contributed by atoms with van der Waals surface area (Å²) in [6, 6.07) is 20.4. The first-order chi connectivity index (χ1) is 15.6. The summed E-state index contributed by atoms with van der Waals surface area (Å²) in [6.45, 7) is 0.246. The molecule has 0 bridgehead atoms. The Hall–Kier alpha value is -3.52. The molecule has 0 radical (unpaired) electrons. The third-order valence-corrected chi connectivity index (χ3v) is 4.90. The minimum Gasteiger partial charge on any atom is -0.497 e. The van der Waals surface area contributed by atoms with Crippen LogP contribution in [0.25, 0.3) is 0 Å². The maximum atomic E-state index is 12.0. The molecule has 0 aliphatic carbocycles. The summed E-state index contributed by atoms with van der Waals surface area (Å²) in [4.78, 5) is 12.0. The Morgan fingerprint density at radius 3 is 2.38 bits per heavy atom. The summed E-state index contributed by atoms with van der Waals surface area (Å²) in [7, 11) is 3.15. The van der Waals surface area contributed by atoms with Crippen molar-refractivity contribution in [2.45, 2.75) is 6.61 Å². The zero-order valence-electron chi connectivity index (χ0n) is 17.7. The van der Waals surface area contributed by atoms with Crippen LogP contribution in [0, 0.1) is 0 Å². The average Bonchev–Trinajstić information content (AvgIpc) is 2.82. The summed E-state index contributed by atoms with van der Waals surface area (Å²) < 4.78 is 22.6. The molecule has 3 rings (SSSR count). The van der Waals surface area contributed by atoms with Gasteiger partial charge in [-0.25, -0.2) is 5.43 Å². The van der Waals surface area contributed by atoms with Crippen LogP contribution in [-0.2, 0) is 11.4 Å². The molecule has 3 aromatic carbocycles. The highest BCUT2D eigenvalue weighted by atomic mass is 79.9. The van der Waals surface area contributed by atoms with Crippen molar-refractivity contribution in [3.05, 3.63) is 82.3 Å². The fraction of sp³-hybridized carbons (Fsp3) is 0.167. The number of amides is 1. The molecule has 0 fully saturated rings. The van der Waals surface area contributed by atoms with E-state index in [0.29, 0.717) is 34.1 Å². The van der Waals surface area contributed by atoms with E-state index in [1.807, 2.05) is 36.4 Å². The van der Waals surface area contributed by atoms with Crippen molar-refractivity contribution >= 4 is 28.1 Å². The lowest BCUT2D eigenvalue weighted by molar-refractivity contribution is -0.123. The maximum absolute atomic E-state index is 12.0. The Bertz CT molecular complexity index is 1060. The first kappa shape index (κ1) is 23.1. The second kappa shape index (κ2) is 11.8. The van der Waals surface area contributed by atoms with E-state index in [0.717, 1.165) is 11.1 Å². The van der Waals surface area contributed by atoms with E-state index in [1.54, 1.807) is 44.6 Å². The summed E-state index contributed by atoms with van der Waals surface area (Å²) in [5, 5.41) is 3.98. The molecular formula is C24H23BrN2O5. The van der Waals surface area contributed by atoms with Gasteiger partial charge in [0.2, 0.25) is 0 Å². The molecule has 32 heavy (non-hydrogen) atoms. The van der Waals surface area contributed by atoms with Crippen LogP contribution in [0.5, 0.6) is 23.0 Å². The molecule has 1 amide bonds. The maximum Gasteiger partial charge on any atom is 0.277 e. The van der Waals surface area contributed by atoms with Gasteiger partial charge in [0, 0.05) is 0 Å². The molecule has 0 aliphatic heterocycles. The van der Waals surface area contributed by atoms with Gasteiger partial charge in [-0.1, -0.05) is 30.3 Å². The highest BCUT2D eigenvalue weighted by molar-refractivity contribution is 9.10. The van der Waals surface area contributed by atoms with E-state index in [1.165, 1.54) is 6.21 Å². The van der Waals surface area contributed by atoms with Gasteiger partial charge in [-0.15, -0.1) is 0 Å². The highest BCUT2D eigenvalue weighted by Gasteiger charge is 2.12. The van der Waals surface area contributed by atoms with Crippen LogP contribution in [-0.4, -0.2) is 32.9 Å². The van der Waals surface area contributed by atoms with E-state index in [2.05, 4.69) is 26.5 Å². The fourth-order valence-electron chi connectivity index (χ4n) is 2.72. The summed E-state index contributed by atoms with van der Waals surface area (Å²) >= 11 is 3.51. The monoisotopic (exact) mass is 498 g/mol. The van der Waals surface area contributed by atoms with Gasteiger partial charge in [0.15, 0.2) is 18.1 Å². The van der Waals surface area contributed by atoms with Gasteiger partial charge >= 0.3 is 0 Å². The number of rotatable bonds is 10. The number of carbonyl (C=O) groups is 1. The molecule has 0 heterocycles. The minimum absolute atomic E-state index is 0.164. The van der Waals surface area contributed by atoms with Crippen molar-refractivity contribution in [1.82, 2.24) is 5.43 Å². The van der Waals surface area contributed by atoms with Crippen LogP contribution in [0.3, 0.4) is 0 Å². The number of hydrogen-bond acceptors (Lipinski definition) is 6. The predicted octanol–water partition coefficient (Wildman–Crippen LogP) is 4.57. The van der Waals surface area contributed by atoms with Crippen LogP contribution < -0.4 is 24.4 Å². The Kier molecular flexibility index (Phi) is 8.51. The van der Waals surface area contributed by atoms with E-state index < -0.39 is 0 Å². The normalized spacial score (nSPS) is 10.6. The summed E-state index contributed by atoms with van der Waals surface area (Å²) in [5.74, 6) is 2.02. The standard InChI is InChI=1S/C24H23BrN2O5/c1-29-19-8-10-20(11-9-19)31-16-23(28)27-26-14-18-12-21(25)24(22(13-18)30-2)32-15-17-6-4-3-5-7-17/h3-14H,15-16H2,1-2H3,(H,27,28)/b26-14+. The summed E-state index contributed by atoms with van der Waals surface area (Å²) in [6.07, 6.45) is 1.51. The largest absolute Gasteiger partial charge is 0.497 e. The van der Waals surface area contributed by atoms with Crippen molar-refractivity contribution in [3.8, 4) is 23.0 Å². The molecule has 0 saturated heterocycles. The van der Waals surface area contributed by atoms with E-state index in [9.17, 15) is 4.79 Å². The second-order valence-electron chi connectivity index (χ2n) is 6.57. The van der Waals surface area contributed by atoms with Gasteiger partial charge in [0.1, 0.15) is 18.1 Å². The molecule has 0 aromatic heterocycles. The van der Waals surface area contributed by atoms with Gasteiger partial charge in [-0.3, -0.25) is 4.79 Å². The number of carbonyl (C=O) groups excluding carboxylic acids is 1. The lowest BCUT2D eigenvalue weighted by atomic mass is 10.2. The van der Waals surface area contributed by atoms with Gasteiger partial charge in [-0.05, 0) is 63.5 Å². The smallest absolute Gasteiger partial charge is 0.277 e. The molecule has 8 heteroatoms. The number of methoxy groups -OCH3 is 2. The Labute approximate surface area is 195 Å². The first-order valence-electron chi connectivity index (χ1n) is 9.72. The lowest BCUT2D eigenvalue weighted by Gasteiger charge is -2.13. The second-order valence-corrected chi connectivity index (χ2v) is 7.42. The molecule has 0 spiro atoms. The Balaban J connectivity index is 1.55. The highest BCUT2D eigenvalue weighted by Crippen LogP contribution is 2.36. The van der Waals surface area contributed by atoms with Crippen molar-refractivity contribution in [2.75, 3.05) is 20.8 Å². The Morgan fingerprint density at radius 1 is 0.969 bits per heavy atom. The molecule has 0 saturated carbocycles. The van der Waals surface area contributed by atoms with Gasteiger partial charge in [0.05, 0.1) is 24.9 Å². The number of halogens is 1. The zero-order valence-corrected chi connectivity index (χ0v) is 19.3. The predicted molar refractivity (Wildman–Crippen MR) is 126 cm³/mol. The van der Waals surface area contributed by atoms with Crippen molar-refractivity contribution in [1.29, 1.82) is 0 Å². The zero-order chi connectivity index (χ0) is 22.8. The third kappa shape index (κ3) is 6.75. The number of hydrazone groups is 1. The van der Waals surface area contributed by atoms with Crippen molar-refractivity contribution in [2.24, 2.45) is 5.10 Å². The molecular weight excluding hydrogens is 476 g/mol. The molecule has 3 aromatic rings. The van der Waals surface area contributed by atoms with Gasteiger partial charge in [0.25, 0.3) is 5.91 Å². The molecule has 0 atom stereocenters. The minimum atomic E-state index is -0.383. The van der Waals surface area contributed by atoms with Crippen molar-refractivity contribution < 1.29 is 23.7 Å². The van der Waals surface area contributed by atoms with E-state index in [-0.39, 0.29) is 12.5 Å². The average molecular weight is 499 g/mol. The molecule has 1 N–H and O–H groups in total. The Morgan fingerprint density at radius 2 is 1.69 bits per heavy atom. The van der Waals surface area contributed by atoms with Crippen LogP contribution in [0.4, 0.5) is 0 Å². The number of nitrogens with one attached hydrogen (secondary N) is 1. The molecule has 7 nitrogen and oxygen atoms in total. The SMILES string of the molecule is COc1ccc(OCC(=O)N/N=C/c2cc(Br)c(OCc3ccccc3)c(OC)c2)cc1. The number of hydrogen-bond donors (Lipinski definition) is 1. The van der Waals surface area contributed by atoms with Crippen LogP contribution in [0.1, 0.15) is 11.1 Å². The van der Waals surface area contributed by atoms with Gasteiger partial charge in [-0.2, -0.15) is 5.10 Å². The summed E-state index contributed by atoms with van der Waals surface area (Å²) in [5.41, 5.74) is 4.20. The van der Waals surface area contributed by atoms with E-state index >= 15 is 0 Å². The van der Waals surface area contributed by atoms with Crippen LogP contribution in [0.2, 0.25) is 0 Å². The third-order valence-electron chi connectivity index (χ3n) is 4.31. The van der Waals surface area contributed by atoms with Gasteiger partial charge < -0.3 is 18.9 Å². The molecule has 166 valence electrons. The lowest BCUT2D eigenvalue weighted by Crippen LogP contribution is -2.24. The van der Waals surface area contributed by atoms with Crippen LogP contribution in [0.15, 0.2) is 76.3 Å². The fourth-order valence-corrected chi connectivity index (χ4v) is 3.29. The number of nitrogens with zero attached hydrogens (tertiary/aromatic N) is 1. The molecule has 0 aliphatic rings. The quantitative estimate of drug-likeness (QED) is 0.327.